The SMILES string of the molecule is COCCNC(=O)CN(C)C(=O)C1CNCCN1. The quantitative estimate of drug-likeness (QED) is 0.470. The van der Waals surface area contributed by atoms with E-state index in [2.05, 4.69) is 16.0 Å². The van der Waals surface area contributed by atoms with Crippen molar-refractivity contribution in [2.45, 2.75) is 6.04 Å². The Hall–Kier alpha value is -1.18. The van der Waals surface area contributed by atoms with Gasteiger partial charge in [-0.2, -0.15) is 0 Å². The lowest BCUT2D eigenvalue weighted by molar-refractivity contribution is -0.136. The van der Waals surface area contributed by atoms with E-state index in [0.717, 1.165) is 13.1 Å². The van der Waals surface area contributed by atoms with Gasteiger partial charge in [0.1, 0.15) is 0 Å². The molecule has 7 nitrogen and oxygen atoms in total. The minimum atomic E-state index is -0.240. The highest BCUT2D eigenvalue weighted by atomic mass is 16.5. The second-order valence-electron chi connectivity index (χ2n) is 4.25. The highest BCUT2D eigenvalue weighted by Gasteiger charge is 2.24. The lowest BCUT2D eigenvalue weighted by atomic mass is 10.2. The smallest absolute Gasteiger partial charge is 0.241 e. The average Bonchev–Trinajstić information content (AvgIpc) is 2.39. The summed E-state index contributed by atoms with van der Waals surface area (Å²) in [4.78, 5) is 24.9. The number of nitrogens with one attached hydrogen (secondary N) is 3. The number of carbonyl (C=O) groups excluding carboxylic acids is 2. The Morgan fingerprint density at radius 3 is 2.83 bits per heavy atom. The lowest BCUT2D eigenvalue weighted by Gasteiger charge is -2.27. The molecule has 0 aromatic carbocycles. The maximum atomic E-state index is 12.0. The van der Waals surface area contributed by atoms with E-state index in [9.17, 15) is 9.59 Å². The maximum absolute atomic E-state index is 12.0. The van der Waals surface area contributed by atoms with E-state index in [1.807, 2.05) is 0 Å². The molecule has 0 radical (unpaired) electrons. The Morgan fingerprint density at radius 2 is 2.22 bits per heavy atom. The van der Waals surface area contributed by atoms with Crippen molar-refractivity contribution in [3.05, 3.63) is 0 Å². The van der Waals surface area contributed by atoms with Crippen LogP contribution < -0.4 is 16.0 Å². The van der Waals surface area contributed by atoms with Crippen molar-refractivity contribution in [3.63, 3.8) is 0 Å². The van der Waals surface area contributed by atoms with Crippen molar-refractivity contribution in [3.8, 4) is 0 Å². The summed E-state index contributed by atoms with van der Waals surface area (Å²) in [5.41, 5.74) is 0. The van der Waals surface area contributed by atoms with Gasteiger partial charge in [-0.15, -0.1) is 0 Å². The molecule has 0 spiro atoms. The van der Waals surface area contributed by atoms with Crippen LogP contribution in [0.1, 0.15) is 0 Å². The first-order chi connectivity index (χ1) is 8.65. The van der Waals surface area contributed by atoms with Crippen LogP contribution in [0, 0.1) is 0 Å². The summed E-state index contributed by atoms with van der Waals surface area (Å²) < 4.78 is 4.83. The molecule has 1 aliphatic rings. The van der Waals surface area contributed by atoms with Crippen LogP contribution in [-0.4, -0.2) is 76.2 Å². The van der Waals surface area contributed by atoms with Gasteiger partial charge in [0, 0.05) is 40.3 Å². The Morgan fingerprint density at radius 1 is 1.44 bits per heavy atom. The molecule has 0 bridgehead atoms. The molecule has 18 heavy (non-hydrogen) atoms. The highest BCUT2D eigenvalue weighted by Crippen LogP contribution is 1.94. The molecule has 1 unspecified atom stereocenters. The number of likely N-dealkylation sites (N-methyl/N-ethyl adjacent to an activating group) is 1. The highest BCUT2D eigenvalue weighted by molar-refractivity contribution is 5.87. The van der Waals surface area contributed by atoms with Gasteiger partial charge in [-0.1, -0.05) is 0 Å². The third-order valence-electron chi connectivity index (χ3n) is 2.72. The molecule has 104 valence electrons. The van der Waals surface area contributed by atoms with E-state index < -0.39 is 0 Å². The predicted molar refractivity (Wildman–Crippen MR) is 67.2 cm³/mol. The van der Waals surface area contributed by atoms with Crippen molar-refractivity contribution < 1.29 is 14.3 Å². The molecule has 1 rings (SSSR count). The van der Waals surface area contributed by atoms with E-state index in [4.69, 9.17) is 4.74 Å². The lowest BCUT2D eigenvalue weighted by Crippen LogP contribution is -2.56. The van der Waals surface area contributed by atoms with E-state index in [-0.39, 0.29) is 24.4 Å². The van der Waals surface area contributed by atoms with Gasteiger partial charge in [0.05, 0.1) is 19.2 Å². The van der Waals surface area contributed by atoms with Gasteiger partial charge in [-0.25, -0.2) is 0 Å². The summed E-state index contributed by atoms with van der Waals surface area (Å²) in [6, 6.07) is -0.240. The second-order valence-corrected chi connectivity index (χ2v) is 4.25. The number of nitrogens with zero attached hydrogens (tertiary/aromatic N) is 1. The molecule has 1 heterocycles. The summed E-state index contributed by atoms with van der Waals surface area (Å²) in [5.74, 6) is -0.240. The molecule has 0 aromatic rings. The third kappa shape index (κ3) is 4.99. The van der Waals surface area contributed by atoms with E-state index in [1.165, 1.54) is 4.90 Å². The number of carbonyl (C=O) groups is 2. The molecule has 1 aliphatic heterocycles. The normalized spacial score (nSPS) is 19.3. The van der Waals surface area contributed by atoms with Crippen molar-refractivity contribution in [1.29, 1.82) is 0 Å². The van der Waals surface area contributed by atoms with Crippen LogP contribution in [0.5, 0.6) is 0 Å². The molecule has 1 atom stereocenters. The summed E-state index contributed by atoms with van der Waals surface area (Å²) in [7, 11) is 3.21. The van der Waals surface area contributed by atoms with Crippen LogP contribution >= 0.6 is 0 Å². The minimum Gasteiger partial charge on any atom is -0.383 e. The maximum Gasteiger partial charge on any atom is 0.241 e. The van der Waals surface area contributed by atoms with Crippen LogP contribution in [0.4, 0.5) is 0 Å². The van der Waals surface area contributed by atoms with Gasteiger partial charge in [0.25, 0.3) is 0 Å². The van der Waals surface area contributed by atoms with Crippen LogP contribution in [0.3, 0.4) is 0 Å². The number of rotatable bonds is 6. The van der Waals surface area contributed by atoms with Crippen molar-refractivity contribution >= 4 is 11.8 Å². The number of piperazine rings is 1. The van der Waals surface area contributed by atoms with Gasteiger partial charge in [0.15, 0.2) is 0 Å². The Bertz CT molecular complexity index is 279. The first-order valence-electron chi connectivity index (χ1n) is 6.10. The number of hydrogen-bond donors (Lipinski definition) is 3. The topological polar surface area (TPSA) is 82.7 Å². The third-order valence-corrected chi connectivity index (χ3v) is 2.72. The molecule has 0 aromatic heterocycles. The van der Waals surface area contributed by atoms with Crippen LogP contribution in [-0.2, 0) is 14.3 Å². The van der Waals surface area contributed by atoms with Gasteiger partial charge in [-0.05, 0) is 0 Å². The zero-order valence-corrected chi connectivity index (χ0v) is 11.0. The first kappa shape index (κ1) is 14.9. The second kappa shape index (κ2) is 8.02. The van der Waals surface area contributed by atoms with Gasteiger partial charge in [0.2, 0.25) is 11.8 Å². The minimum absolute atomic E-state index is 0.0657. The summed E-state index contributed by atoms with van der Waals surface area (Å²) in [5, 5.41) is 8.94. The molecule has 7 heteroatoms. The molecule has 1 fully saturated rings. The fourth-order valence-electron chi connectivity index (χ4n) is 1.74. The number of ether oxygens (including phenoxy) is 1. The molecule has 2 amide bonds. The van der Waals surface area contributed by atoms with E-state index in [0.29, 0.717) is 19.7 Å². The number of hydrogen-bond acceptors (Lipinski definition) is 5. The average molecular weight is 258 g/mol. The fourth-order valence-corrected chi connectivity index (χ4v) is 1.74. The fraction of sp³-hybridized carbons (Fsp3) is 0.818. The van der Waals surface area contributed by atoms with Crippen LogP contribution in [0.25, 0.3) is 0 Å². The standard InChI is InChI=1S/C11H22N4O3/c1-15(8-10(16)14-5-6-18-2)11(17)9-7-12-3-4-13-9/h9,12-13H,3-8H2,1-2H3,(H,14,16). The largest absolute Gasteiger partial charge is 0.383 e. The summed E-state index contributed by atoms with van der Waals surface area (Å²) in [6.45, 7) is 3.24. The van der Waals surface area contributed by atoms with Crippen LogP contribution in [0.15, 0.2) is 0 Å². The van der Waals surface area contributed by atoms with Gasteiger partial charge < -0.3 is 25.6 Å². The monoisotopic (exact) mass is 258 g/mol. The van der Waals surface area contributed by atoms with Gasteiger partial charge in [-0.3, -0.25) is 9.59 Å². The summed E-state index contributed by atoms with van der Waals surface area (Å²) in [6.07, 6.45) is 0. The first-order valence-corrected chi connectivity index (χ1v) is 6.10. The Balaban J connectivity index is 2.27. The molecule has 0 saturated carbocycles. The van der Waals surface area contributed by atoms with Gasteiger partial charge >= 0.3 is 0 Å². The molecular weight excluding hydrogens is 236 g/mol. The van der Waals surface area contributed by atoms with Crippen LogP contribution in [0.2, 0.25) is 0 Å². The van der Waals surface area contributed by atoms with E-state index >= 15 is 0 Å². The zero-order valence-electron chi connectivity index (χ0n) is 11.0. The van der Waals surface area contributed by atoms with Crippen molar-refractivity contribution in [2.24, 2.45) is 0 Å². The van der Waals surface area contributed by atoms with Crippen molar-refractivity contribution in [2.75, 3.05) is 53.5 Å². The molecule has 3 N–H and O–H groups in total. The predicted octanol–water partition coefficient (Wildman–Crippen LogP) is -2.23. The Labute approximate surface area is 107 Å². The number of amides is 2. The van der Waals surface area contributed by atoms with Crippen molar-refractivity contribution in [1.82, 2.24) is 20.9 Å². The Kier molecular flexibility index (Phi) is 6.63. The van der Waals surface area contributed by atoms with E-state index in [1.54, 1.807) is 14.2 Å². The molecule has 0 aliphatic carbocycles. The zero-order chi connectivity index (χ0) is 13.4. The number of methoxy groups -OCH3 is 1. The summed E-state index contributed by atoms with van der Waals surface area (Å²) >= 11 is 0. The molecular formula is C11H22N4O3. The molecule has 1 saturated heterocycles.